The Balaban J connectivity index is 2.15. The van der Waals surface area contributed by atoms with E-state index in [4.69, 9.17) is 27.4 Å². The van der Waals surface area contributed by atoms with E-state index in [2.05, 4.69) is 0 Å². The van der Waals surface area contributed by atoms with Crippen LogP contribution in [0.1, 0.15) is 11.1 Å². The first-order valence-corrected chi connectivity index (χ1v) is 6.25. The van der Waals surface area contributed by atoms with E-state index in [9.17, 15) is 0 Å². The summed E-state index contributed by atoms with van der Waals surface area (Å²) in [6.45, 7) is 0.491. The van der Waals surface area contributed by atoms with Crippen LogP contribution in [0.15, 0.2) is 48.5 Å². The molecular formula is C15H15NO2S. The van der Waals surface area contributed by atoms with Crippen molar-refractivity contribution in [2.45, 2.75) is 6.61 Å². The van der Waals surface area contributed by atoms with Gasteiger partial charge in [0.05, 0.1) is 7.11 Å². The molecule has 0 saturated heterocycles. The molecule has 2 rings (SSSR count). The number of hydrogen-bond acceptors (Lipinski definition) is 3. The average molecular weight is 273 g/mol. The molecule has 0 spiro atoms. The molecule has 98 valence electrons. The van der Waals surface area contributed by atoms with Gasteiger partial charge in [-0.2, -0.15) is 0 Å². The number of thiocarbonyl (C=S) groups is 1. The van der Waals surface area contributed by atoms with Crippen LogP contribution in [0.5, 0.6) is 11.5 Å². The van der Waals surface area contributed by atoms with E-state index >= 15 is 0 Å². The summed E-state index contributed by atoms with van der Waals surface area (Å²) in [4.78, 5) is 0.323. The molecule has 0 aromatic heterocycles. The number of methoxy groups -OCH3 is 1. The fraction of sp³-hybridized carbons (Fsp3) is 0.133. The summed E-state index contributed by atoms with van der Waals surface area (Å²) >= 11 is 4.97. The maximum absolute atomic E-state index is 5.73. The van der Waals surface area contributed by atoms with E-state index in [1.807, 2.05) is 42.5 Å². The largest absolute Gasteiger partial charge is 0.497 e. The normalized spacial score (nSPS) is 9.95. The summed E-state index contributed by atoms with van der Waals surface area (Å²) < 4.78 is 10.9. The Morgan fingerprint density at radius 3 is 2.42 bits per heavy atom. The standard InChI is InChI=1S/C15H15NO2S/c1-17-13-7-12(15(16)19)8-14(9-13)18-10-11-5-3-2-4-6-11/h2-9H,10H2,1H3,(H2,16,19). The van der Waals surface area contributed by atoms with Gasteiger partial charge in [-0.1, -0.05) is 42.5 Å². The Hall–Kier alpha value is -2.07. The van der Waals surface area contributed by atoms with Crippen LogP contribution in [-0.2, 0) is 6.61 Å². The van der Waals surface area contributed by atoms with Crippen LogP contribution < -0.4 is 15.2 Å². The zero-order valence-corrected chi connectivity index (χ0v) is 11.4. The Kier molecular flexibility index (Phi) is 4.36. The molecule has 0 saturated carbocycles. The third-order valence-corrected chi connectivity index (χ3v) is 2.88. The lowest BCUT2D eigenvalue weighted by Gasteiger charge is -2.10. The molecular weight excluding hydrogens is 258 g/mol. The Morgan fingerprint density at radius 2 is 1.79 bits per heavy atom. The highest BCUT2D eigenvalue weighted by Crippen LogP contribution is 2.23. The van der Waals surface area contributed by atoms with Gasteiger partial charge < -0.3 is 15.2 Å². The summed E-state index contributed by atoms with van der Waals surface area (Å²) in [7, 11) is 1.60. The summed E-state index contributed by atoms with van der Waals surface area (Å²) in [6, 6.07) is 15.4. The molecule has 3 nitrogen and oxygen atoms in total. The predicted octanol–water partition coefficient (Wildman–Crippen LogP) is 2.91. The van der Waals surface area contributed by atoms with Crippen LogP contribution in [0.3, 0.4) is 0 Å². The van der Waals surface area contributed by atoms with E-state index in [0.29, 0.717) is 23.1 Å². The fourth-order valence-corrected chi connectivity index (χ4v) is 1.77. The monoisotopic (exact) mass is 273 g/mol. The summed E-state index contributed by atoms with van der Waals surface area (Å²) in [5.74, 6) is 1.36. The predicted molar refractivity (Wildman–Crippen MR) is 79.7 cm³/mol. The summed E-state index contributed by atoms with van der Waals surface area (Å²) in [6.07, 6.45) is 0. The summed E-state index contributed by atoms with van der Waals surface area (Å²) in [5.41, 5.74) is 7.47. The van der Waals surface area contributed by atoms with Crippen LogP contribution in [-0.4, -0.2) is 12.1 Å². The lowest BCUT2D eigenvalue weighted by molar-refractivity contribution is 0.303. The minimum atomic E-state index is 0.323. The number of hydrogen-bond donors (Lipinski definition) is 1. The van der Waals surface area contributed by atoms with Gasteiger partial charge in [0.15, 0.2) is 0 Å². The topological polar surface area (TPSA) is 44.5 Å². The van der Waals surface area contributed by atoms with Crippen molar-refractivity contribution in [2.24, 2.45) is 5.73 Å². The second-order valence-corrected chi connectivity index (χ2v) is 4.48. The van der Waals surface area contributed by atoms with Crippen molar-refractivity contribution in [1.29, 1.82) is 0 Å². The van der Waals surface area contributed by atoms with Gasteiger partial charge in [0, 0.05) is 11.6 Å². The van der Waals surface area contributed by atoms with Gasteiger partial charge in [0.2, 0.25) is 0 Å². The van der Waals surface area contributed by atoms with Crippen LogP contribution in [0.25, 0.3) is 0 Å². The molecule has 0 heterocycles. The second-order valence-electron chi connectivity index (χ2n) is 4.04. The van der Waals surface area contributed by atoms with Crippen LogP contribution >= 0.6 is 12.2 Å². The van der Waals surface area contributed by atoms with Crippen molar-refractivity contribution >= 4 is 17.2 Å². The molecule has 19 heavy (non-hydrogen) atoms. The van der Waals surface area contributed by atoms with Gasteiger partial charge in [0.1, 0.15) is 23.1 Å². The molecule has 2 aromatic rings. The van der Waals surface area contributed by atoms with Crippen LogP contribution in [0, 0.1) is 0 Å². The molecule has 0 amide bonds. The van der Waals surface area contributed by atoms with Crippen molar-refractivity contribution in [3.8, 4) is 11.5 Å². The lowest BCUT2D eigenvalue weighted by Crippen LogP contribution is -2.09. The first kappa shape index (κ1) is 13.4. The van der Waals surface area contributed by atoms with Crippen molar-refractivity contribution in [1.82, 2.24) is 0 Å². The van der Waals surface area contributed by atoms with E-state index in [0.717, 1.165) is 11.1 Å². The highest BCUT2D eigenvalue weighted by Gasteiger charge is 2.05. The molecule has 0 bridgehead atoms. The van der Waals surface area contributed by atoms with Gasteiger partial charge in [-0.3, -0.25) is 0 Å². The molecule has 0 aliphatic heterocycles. The highest BCUT2D eigenvalue weighted by molar-refractivity contribution is 7.80. The average Bonchev–Trinajstić information content (AvgIpc) is 2.45. The van der Waals surface area contributed by atoms with Crippen molar-refractivity contribution in [2.75, 3.05) is 7.11 Å². The van der Waals surface area contributed by atoms with Gasteiger partial charge >= 0.3 is 0 Å². The molecule has 0 unspecified atom stereocenters. The first-order chi connectivity index (χ1) is 9.19. The highest BCUT2D eigenvalue weighted by atomic mass is 32.1. The van der Waals surface area contributed by atoms with E-state index in [-0.39, 0.29) is 0 Å². The summed E-state index contributed by atoms with van der Waals surface area (Å²) in [5, 5.41) is 0. The molecule has 0 aliphatic carbocycles. The first-order valence-electron chi connectivity index (χ1n) is 5.84. The number of ether oxygens (including phenoxy) is 2. The van der Waals surface area contributed by atoms with E-state index in [1.54, 1.807) is 13.2 Å². The van der Waals surface area contributed by atoms with Gasteiger partial charge in [-0.25, -0.2) is 0 Å². The molecule has 2 aromatic carbocycles. The van der Waals surface area contributed by atoms with Crippen LogP contribution in [0.2, 0.25) is 0 Å². The Morgan fingerprint density at radius 1 is 1.11 bits per heavy atom. The molecule has 0 radical (unpaired) electrons. The lowest BCUT2D eigenvalue weighted by atomic mass is 10.2. The molecule has 0 atom stereocenters. The SMILES string of the molecule is COc1cc(OCc2ccccc2)cc(C(N)=S)c1. The third kappa shape index (κ3) is 3.69. The Bertz CT molecular complexity index is 570. The fourth-order valence-electron chi connectivity index (χ4n) is 1.66. The zero-order valence-electron chi connectivity index (χ0n) is 10.6. The van der Waals surface area contributed by atoms with Crippen molar-refractivity contribution in [3.05, 3.63) is 59.7 Å². The molecule has 4 heteroatoms. The second kappa shape index (κ2) is 6.20. The quantitative estimate of drug-likeness (QED) is 0.851. The maximum atomic E-state index is 5.73. The van der Waals surface area contributed by atoms with E-state index in [1.165, 1.54) is 0 Å². The van der Waals surface area contributed by atoms with Gasteiger partial charge in [-0.05, 0) is 17.7 Å². The number of benzene rings is 2. The smallest absolute Gasteiger partial charge is 0.124 e. The molecule has 2 N–H and O–H groups in total. The molecule has 0 aliphatic rings. The maximum Gasteiger partial charge on any atom is 0.124 e. The minimum absolute atomic E-state index is 0.323. The van der Waals surface area contributed by atoms with Crippen molar-refractivity contribution in [3.63, 3.8) is 0 Å². The van der Waals surface area contributed by atoms with E-state index < -0.39 is 0 Å². The van der Waals surface area contributed by atoms with Crippen LogP contribution in [0.4, 0.5) is 0 Å². The molecule has 0 fully saturated rings. The van der Waals surface area contributed by atoms with Crippen molar-refractivity contribution < 1.29 is 9.47 Å². The zero-order chi connectivity index (χ0) is 13.7. The van der Waals surface area contributed by atoms with Gasteiger partial charge in [0.25, 0.3) is 0 Å². The number of nitrogens with two attached hydrogens (primary N) is 1. The third-order valence-electron chi connectivity index (χ3n) is 2.65. The minimum Gasteiger partial charge on any atom is -0.497 e. The number of rotatable bonds is 5. The van der Waals surface area contributed by atoms with Gasteiger partial charge in [-0.15, -0.1) is 0 Å². The Labute approximate surface area is 118 Å².